The van der Waals surface area contributed by atoms with Crippen LogP contribution in [-0.2, 0) is 11.3 Å². The van der Waals surface area contributed by atoms with E-state index in [4.69, 9.17) is 10.6 Å². The van der Waals surface area contributed by atoms with Crippen LogP contribution in [0.5, 0.6) is 0 Å². The number of anilines is 1. The molecular weight excluding hydrogens is 202 g/mol. The molecule has 1 aromatic rings. The normalized spacial score (nSPS) is 10.8. The average Bonchev–Trinajstić information content (AvgIpc) is 2.28. The van der Waals surface area contributed by atoms with E-state index in [-0.39, 0.29) is 0 Å². The smallest absolute Gasteiger partial charge is 0.0888 e. The molecule has 0 spiro atoms. The molecule has 1 aromatic heterocycles. The van der Waals surface area contributed by atoms with Gasteiger partial charge >= 0.3 is 0 Å². The third-order valence-electron chi connectivity index (χ3n) is 2.30. The third kappa shape index (κ3) is 5.09. The summed E-state index contributed by atoms with van der Waals surface area (Å²) in [4.78, 5) is 4.20. The number of rotatable bonds is 7. The maximum atomic E-state index is 5.54. The zero-order chi connectivity index (χ0) is 11.8. The highest BCUT2D eigenvalue weighted by Gasteiger charge is 1.98. The summed E-state index contributed by atoms with van der Waals surface area (Å²) in [6.45, 7) is 5.78. The number of hydrogen-bond acceptors (Lipinski definition) is 4. The van der Waals surface area contributed by atoms with Gasteiger partial charge in [0.1, 0.15) is 0 Å². The molecule has 0 saturated heterocycles. The number of hydrogen-bond donors (Lipinski definition) is 2. The van der Waals surface area contributed by atoms with Crippen LogP contribution in [0.15, 0.2) is 18.3 Å². The highest BCUT2D eigenvalue weighted by molar-refractivity contribution is 5.41. The van der Waals surface area contributed by atoms with Gasteiger partial charge in [0.05, 0.1) is 18.0 Å². The van der Waals surface area contributed by atoms with Gasteiger partial charge in [-0.1, -0.05) is 13.8 Å². The van der Waals surface area contributed by atoms with Gasteiger partial charge in [-0.15, -0.1) is 0 Å². The molecule has 0 aromatic carbocycles. The summed E-state index contributed by atoms with van der Waals surface area (Å²) in [6, 6.07) is 3.71. The lowest BCUT2D eigenvalue weighted by Gasteiger charge is -2.06. The molecule has 1 rings (SSSR count). The Bertz CT molecular complexity index is 302. The van der Waals surface area contributed by atoms with Crippen molar-refractivity contribution in [2.24, 2.45) is 11.8 Å². The fraction of sp³-hybridized carbons (Fsp3) is 0.583. The Morgan fingerprint density at radius 3 is 3.00 bits per heavy atom. The molecule has 4 nitrogen and oxygen atoms in total. The number of nitrogen functional groups attached to an aromatic ring is 1. The van der Waals surface area contributed by atoms with Crippen LogP contribution in [-0.4, -0.2) is 11.6 Å². The van der Waals surface area contributed by atoms with Crippen LogP contribution in [0.3, 0.4) is 0 Å². The molecule has 0 aliphatic heterocycles. The zero-order valence-corrected chi connectivity index (χ0v) is 10.1. The second kappa shape index (κ2) is 7.19. The van der Waals surface area contributed by atoms with E-state index in [0.29, 0.717) is 6.61 Å². The lowest BCUT2D eigenvalue weighted by molar-refractivity contribution is 0.112. The van der Waals surface area contributed by atoms with E-state index in [9.17, 15) is 0 Å². The zero-order valence-electron chi connectivity index (χ0n) is 10.1. The number of ether oxygens (including phenoxy) is 1. The molecule has 0 saturated carbocycles. The van der Waals surface area contributed by atoms with Gasteiger partial charge in [-0.2, -0.15) is 0 Å². The van der Waals surface area contributed by atoms with Crippen LogP contribution in [0.2, 0.25) is 0 Å². The molecule has 0 radical (unpaired) electrons. The first-order valence-electron chi connectivity index (χ1n) is 5.71. The van der Waals surface area contributed by atoms with Crippen molar-refractivity contribution < 1.29 is 4.74 Å². The van der Waals surface area contributed by atoms with Crippen molar-refractivity contribution in [2.45, 2.75) is 33.3 Å². The predicted molar refractivity (Wildman–Crippen MR) is 65.8 cm³/mol. The first-order valence-corrected chi connectivity index (χ1v) is 5.71. The first kappa shape index (κ1) is 12.9. The van der Waals surface area contributed by atoms with Crippen molar-refractivity contribution in [1.82, 2.24) is 4.98 Å². The third-order valence-corrected chi connectivity index (χ3v) is 2.30. The van der Waals surface area contributed by atoms with Gasteiger partial charge < -0.3 is 10.2 Å². The molecule has 1 heterocycles. The van der Waals surface area contributed by atoms with Crippen molar-refractivity contribution >= 4 is 5.69 Å². The van der Waals surface area contributed by atoms with E-state index >= 15 is 0 Å². The lowest BCUT2D eigenvalue weighted by Crippen LogP contribution is -2.07. The van der Waals surface area contributed by atoms with Gasteiger partial charge in [-0.25, -0.2) is 0 Å². The van der Waals surface area contributed by atoms with Crippen LogP contribution < -0.4 is 11.3 Å². The summed E-state index contributed by atoms with van der Waals surface area (Å²) in [6.07, 6.45) is 4.03. The minimum atomic E-state index is 0.549. The van der Waals surface area contributed by atoms with Gasteiger partial charge in [0.25, 0.3) is 0 Å². The number of nitrogens with zero attached hydrogens (tertiary/aromatic N) is 1. The quantitative estimate of drug-likeness (QED) is 0.423. The fourth-order valence-corrected chi connectivity index (χ4v) is 1.42. The summed E-state index contributed by atoms with van der Waals surface area (Å²) in [5, 5.41) is 0. The van der Waals surface area contributed by atoms with E-state index < -0.39 is 0 Å². The molecule has 4 heteroatoms. The van der Waals surface area contributed by atoms with Gasteiger partial charge in [-0.05, 0) is 30.9 Å². The molecule has 90 valence electrons. The van der Waals surface area contributed by atoms with Crippen molar-refractivity contribution in [3.05, 3.63) is 24.0 Å². The largest absolute Gasteiger partial charge is 0.375 e. The van der Waals surface area contributed by atoms with Gasteiger partial charge in [0.2, 0.25) is 0 Å². The lowest BCUT2D eigenvalue weighted by atomic mass is 10.1. The number of pyridine rings is 1. The monoisotopic (exact) mass is 223 g/mol. The SMILES string of the molecule is CC(C)CCCOCc1cc(NN)ccn1. The highest BCUT2D eigenvalue weighted by atomic mass is 16.5. The standard InChI is InChI=1S/C12H21N3O/c1-10(2)4-3-7-16-9-12-8-11(15-13)5-6-14-12/h5-6,8,10H,3-4,7,9,13H2,1-2H3,(H,14,15). The van der Waals surface area contributed by atoms with Crippen LogP contribution in [0.1, 0.15) is 32.4 Å². The summed E-state index contributed by atoms with van der Waals surface area (Å²) in [5.74, 6) is 6.05. The summed E-state index contributed by atoms with van der Waals surface area (Å²) in [5.41, 5.74) is 4.35. The van der Waals surface area contributed by atoms with Crippen molar-refractivity contribution in [3.8, 4) is 0 Å². The molecule has 0 unspecified atom stereocenters. The Labute approximate surface area is 97.2 Å². The molecule has 0 bridgehead atoms. The summed E-state index contributed by atoms with van der Waals surface area (Å²) >= 11 is 0. The topological polar surface area (TPSA) is 60.2 Å². The molecule has 16 heavy (non-hydrogen) atoms. The second-order valence-corrected chi connectivity index (χ2v) is 4.27. The molecule has 3 N–H and O–H groups in total. The molecule has 0 aliphatic rings. The van der Waals surface area contributed by atoms with E-state index in [0.717, 1.165) is 30.3 Å². The Kier molecular flexibility index (Phi) is 5.82. The Morgan fingerprint density at radius 1 is 1.50 bits per heavy atom. The molecule has 0 amide bonds. The maximum absolute atomic E-state index is 5.54. The average molecular weight is 223 g/mol. The fourth-order valence-electron chi connectivity index (χ4n) is 1.42. The molecular formula is C12H21N3O. The van der Waals surface area contributed by atoms with Gasteiger partial charge in [-0.3, -0.25) is 10.8 Å². The van der Waals surface area contributed by atoms with Crippen LogP contribution in [0, 0.1) is 5.92 Å². The number of nitrogens with one attached hydrogen (secondary N) is 1. The van der Waals surface area contributed by atoms with Crippen LogP contribution >= 0.6 is 0 Å². The van der Waals surface area contributed by atoms with Crippen LogP contribution in [0.25, 0.3) is 0 Å². The number of aromatic nitrogens is 1. The predicted octanol–water partition coefficient (Wildman–Crippen LogP) is 2.32. The van der Waals surface area contributed by atoms with E-state index in [1.165, 1.54) is 6.42 Å². The summed E-state index contributed by atoms with van der Waals surface area (Å²) in [7, 11) is 0. The summed E-state index contributed by atoms with van der Waals surface area (Å²) < 4.78 is 5.54. The van der Waals surface area contributed by atoms with E-state index in [1.54, 1.807) is 6.20 Å². The highest BCUT2D eigenvalue weighted by Crippen LogP contribution is 2.08. The number of hydrazine groups is 1. The maximum Gasteiger partial charge on any atom is 0.0888 e. The van der Waals surface area contributed by atoms with Gasteiger partial charge in [0.15, 0.2) is 0 Å². The van der Waals surface area contributed by atoms with Gasteiger partial charge in [0, 0.05) is 12.8 Å². The van der Waals surface area contributed by atoms with E-state index in [1.807, 2.05) is 12.1 Å². The molecule has 0 fully saturated rings. The Morgan fingerprint density at radius 2 is 2.31 bits per heavy atom. The van der Waals surface area contributed by atoms with Crippen LogP contribution in [0.4, 0.5) is 5.69 Å². The second-order valence-electron chi connectivity index (χ2n) is 4.27. The minimum absolute atomic E-state index is 0.549. The Balaban J connectivity index is 2.21. The number of nitrogens with two attached hydrogens (primary N) is 1. The van der Waals surface area contributed by atoms with E-state index in [2.05, 4.69) is 24.3 Å². The van der Waals surface area contributed by atoms with Crippen molar-refractivity contribution in [2.75, 3.05) is 12.0 Å². The first-order chi connectivity index (χ1) is 7.72. The molecule has 0 atom stereocenters. The van der Waals surface area contributed by atoms with Crippen molar-refractivity contribution in [3.63, 3.8) is 0 Å². The van der Waals surface area contributed by atoms with Crippen molar-refractivity contribution in [1.29, 1.82) is 0 Å². The Hall–Kier alpha value is -1.13. The minimum Gasteiger partial charge on any atom is -0.375 e. The molecule has 0 aliphatic carbocycles.